The SMILES string of the molecule is CCCCCN(Cc1cccc(F)c1N)C(C)C. The Morgan fingerprint density at radius 3 is 2.61 bits per heavy atom. The van der Waals surface area contributed by atoms with E-state index >= 15 is 0 Å². The van der Waals surface area contributed by atoms with Gasteiger partial charge in [-0.1, -0.05) is 31.9 Å². The molecule has 0 spiro atoms. The van der Waals surface area contributed by atoms with Crippen LogP contribution in [-0.4, -0.2) is 17.5 Å². The normalized spacial score (nSPS) is 11.4. The minimum absolute atomic E-state index is 0.290. The summed E-state index contributed by atoms with van der Waals surface area (Å²) in [5.74, 6) is -0.315. The maximum atomic E-state index is 13.4. The summed E-state index contributed by atoms with van der Waals surface area (Å²) in [5, 5.41) is 0. The molecular weight excluding hydrogens is 227 g/mol. The van der Waals surface area contributed by atoms with Crippen LogP contribution >= 0.6 is 0 Å². The van der Waals surface area contributed by atoms with Crippen molar-refractivity contribution in [3.8, 4) is 0 Å². The standard InChI is InChI=1S/C15H25FN2/c1-4-5-6-10-18(12(2)3)11-13-8-7-9-14(16)15(13)17/h7-9,12H,4-6,10-11,17H2,1-3H3. The van der Waals surface area contributed by atoms with E-state index in [1.54, 1.807) is 6.07 Å². The van der Waals surface area contributed by atoms with Crippen LogP contribution in [0.2, 0.25) is 0 Å². The van der Waals surface area contributed by atoms with Gasteiger partial charge in [-0.05, 0) is 38.4 Å². The lowest BCUT2D eigenvalue weighted by Gasteiger charge is -2.27. The summed E-state index contributed by atoms with van der Waals surface area (Å²) in [6.45, 7) is 8.31. The number of hydrogen-bond acceptors (Lipinski definition) is 2. The topological polar surface area (TPSA) is 29.3 Å². The highest BCUT2D eigenvalue weighted by Gasteiger charge is 2.12. The first-order valence-electron chi connectivity index (χ1n) is 6.83. The summed E-state index contributed by atoms with van der Waals surface area (Å²) < 4.78 is 13.4. The van der Waals surface area contributed by atoms with Crippen LogP contribution in [0.3, 0.4) is 0 Å². The van der Waals surface area contributed by atoms with E-state index in [1.807, 2.05) is 6.07 Å². The van der Waals surface area contributed by atoms with E-state index in [2.05, 4.69) is 25.7 Å². The second-order valence-corrected chi connectivity index (χ2v) is 5.08. The summed E-state index contributed by atoms with van der Waals surface area (Å²) in [7, 11) is 0. The van der Waals surface area contributed by atoms with E-state index in [-0.39, 0.29) is 5.82 Å². The van der Waals surface area contributed by atoms with Crippen LogP contribution in [0, 0.1) is 5.82 Å². The first kappa shape index (κ1) is 15.0. The molecule has 0 heterocycles. The summed E-state index contributed by atoms with van der Waals surface area (Å²) in [5.41, 5.74) is 6.96. The van der Waals surface area contributed by atoms with Gasteiger partial charge in [0.05, 0.1) is 5.69 Å². The van der Waals surface area contributed by atoms with Crippen LogP contribution in [-0.2, 0) is 6.54 Å². The quantitative estimate of drug-likeness (QED) is 0.590. The van der Waals surface area contributed by atoms with Crippen LogP contribution < -0.4 is 5.73 Å². The number of nitrogens with two attached hydrogens (primary N) is 1. The molecule has 0 aromatic heterocycles. The molecular formula is C15H25FN2. The Hall–Kier alpha value is -1.09. The minimum Gasteiger partial charge on any atom is -0.396 e. The fraction of sp³-hybridized carbons (Fsp3) is 0.600. The molecule has 0 aliphatic heterocycles. The van der Waals surface area contributed by atoms with Gasteiger partial charge in [0.15, 0.2) is 0 Å². The molecule has 102 valence electrons. The Morgan fingerprint density at radius 1 is 1.28 bits per heavy atom. The molecule has 0 aliphatic carbocycles. The van der Waals surface area contributed by atoms with Crippen LogP contribution in [0.15, 0.2) is 18.2 Å². The summed E-state index contributed by atoms with van der Waals surface area (Å²) in [6.07, 6.45) is 3.64. The molecule has 2 N–H and O–H groups in total. The molecule has 0 saturated carbocycles. The van der Waals surface area contributed by atoms with Gasteiger partial charge in [0.25, 0.3) is 0 Å². The van der Waals surface area contributed by atoms with Crippen LogP contribution in [0.4, 0.5) is 10.1 Å². The molecule has 1 rings (SSSR count). The number of benzene rings is 1. The zero-order valence-electron chi connectivity index (χ0n) is 11.7. The molecule has 0 unspecified atom stereocenters. The zero-order chi connectivity index (χ0) is 13.5. The first-order chi connectivity index (χ1) is 8.56. The molecule has 0 fully saturated rings. The van der Waals surface area contributed by atoms with Gasteiger partial charge in [0.2, 0.25) is 0 Å². The van der Waals surface area contributed by atoms with Gasteiger partial charge in [-0.15, -0.1) is 0 Å². The lowest BCUT2D eigenvalue weighted by molar-refractivity contribution is 0.208. The lowest BCUT2D eigenvalue weighted by atomic mass is 10.1. The third-order valence-electron chi connectivity index (χ3n) is 3.30. The van der Waals surface area contributed by atoms with E-state index in [0.29, 0.717) is 11.7 Å². The number of unbranched alkanes of at least 4 members (excludes halogenated alkanes) is 2. The zero-order valence-corrected chi connectivity index (χ0v) is 11.7. The largest absolute Gasteiger partial charge is 0.396 e. The summed E-state index contributed by atoms with van der Waals surface area (Å²) in [4.78, 5) is 2.35. The maximum absolute atomic E-state index is 13.4. The molecule has 0 bridgehead atoms. The smallest absolute Gasteiger partial charge is 0.146 e. The van der Waals surface area contributed by atoms with Crippen molar-refractivity contribution in [2.75, 3.05) is 12.3 Å². The third-order valence-corrected chi connectivity index (χ3v) is 3.30. The molecule has 0 amide bonds. The molecule has 1 aromatic carbocycles. The molecule has 18 heavy (non-hydrogen) atoms. The van der Waals surface area contributed by atoms with Crippen molar-refractivity contribution in [2.45, 2.75) is 52.6 Å². The second-order valence-electron chi connectivity index (χ2n) is 5.08. The van der Waals surface area contributed by atoms with Crippen molar-refractivity contribution >= 4 is 5.69 Å². The number of anilines is 1. The minimum atomic E-state index is -0.315. The Labute approximate surface area is 110 Å². The van der Waals surface area contributed by atoms with E-state index in [9.17, 15) is 4.39 Å². The maximum Gasteiger partial charge on any atom is 0.146 e. The number of nitrogen functional groups attached to an aromatic ring is 1. The summed E-state index contributed by atoms with van der Waals surface area (Å²) >= 11 is 0. The van der Waals surface area contributed by atoms with Gasteiger partial charge in [-0.25, -0.2) is 4.39 Å². The summed E-state index contributed by atoms with van der Waals surface area (Å²) in [6, 6.07) is 5.50. The Balaban J connectivity index is 2.68. The molecule has 0 radical (unpaired) electrons. The average Bonchev–Trinajstić information content (AvgIpc) is 2.33. The van der Waals surface area contributed by atoms with Crippen molar-refractivity contribution < 1.29 is 4.39 Å². The molecule has 3 heteroatoms. The fourth-order valence-electron chi connectivity index (χ4n) is 2.02. The van der Waals surface area contributed by atoms with Crippen LogP contribution in [0.5, 0.6) is 0 Å². The number of nitrogens with zero attached hydrogens (tertiary/aromatic N) is 1. The third kappa shape index (κ3) is 4.30. The molecule has 1 aromatic rings. The highest BCUT2D eigenvalue weighted by molar-refractivity contribution is 5.47. The first-order valence-corrected chi connectivity index (χ1v) is 6.83. The van der Waals surface area contributed by atoms with E-state index in [4.69, 9.17) is 5.73 Å². The van der Waals surface area contributed by atoms with Gasteiger partial charge >= 0.3 is 0 Å². The number of hydrogen-bond donors (Lipinski definition) is 1. The van der Waals surface area contributed by atoms with E-state index < -0.39 is 0 Å². The Kier molecular flexibility index (Phi) is 6.13. The van der Waals surface area contributed by atoms with Gasteiger partial charge in [-0.3, -0.25) is 4.90 Å². The van der Waals surface area contributed by atoms with Crippen molar-refractivity contribution in [3.63, 3.8) is 0 Å². The molecule has 0 saturated heterocycles. The van der Waals surface area contributed by atoms with Crippen molar-refractivity contribution in [1.29, 1.82) is 0 Å². The van der Waals surface area contributed by atoms with Gasteiger partial charge in [0, 0.05) is 12.6 Å². The monoisotopic (exact) mass is 252 g/mol. The predicted molar refractivity (Wildman–Crippen MR) is 75.9 cm³/mol. The van der Waals surface area contributed by atoms with E-state index in [1.165, 1.54) is 25.3 Å². The Morgan fingerprint density at radius 2 is 2.00 bits per heavy atom. The fourth-order valence-corrected chi connectivity index (χ4v) is 2.02. The number of rotatable bonds is 7. The van der Waals surface area contributed by atoms with Crippen molar-refractivity contribution in [1.82, 2.24) is 4.90 Å². The number of halogens is 1. The van der Waals surface area contributed by atoms with Crippen LogP contribution in [0.25, 0.3) is 0 Å². The molecule has 2 nitrogen and oxygen atoms in total. The predicted octanol–water partition coefficient (Wildman–Crippen LogP) is 3.81. The molecule has 0 aliphatic rings. The van der Waals surface area contributed by atoms with E-state index in [0.717, 1.165) is 18.7 Å². The second kappa shape index (κ2) is 7.37. The van der Waals surface area contributed by atoms with Crippen molar-refractivity contribution in [2.24, 2.45) is 0 Å². The highest BCUT2D eigenvalue weighted by Crippen LogP contribution is 2.19. The van der Waals surface area contributed by atoms with Crippen molar-refractivity contribution in [3.05, 3.63) is 29.6 Å². The van der Waals surface area contributed by atoms with Crippen LogP contribution in [0.1, 0.15) is 45.6 Å². The van der Waals surface area contributed by atoms with Gasteiger partial charge < -0.3 is 5.73 Å². The molecule has 0 atom stereocenters. The average molecular weight is 252 g/mol. The van der Waals surface area contributed by atoms with Gasteiger partial charge in [0.1, 0.15) is 5.82 Å². The highest BCUT2D eigenvalue weighted by atomic mass is 19.1. The van der Waals surface area contributed by atoms with Gasteiger partial charge in [-0.2, -0.15) is 0 Å². The number of para-hydroxylation sites is 1. The Bertz CT molecular complexity index is 364. The lowest BCUT2D eigenvalue weighted by Crippen LogP contribution is -2.31.